The van der Waals surface area contributed by atoms with E-state index in [1.165, 1.54) is 16.9 Å². The summed E-state index contributed by atoms with van der Waals surface area (Å²) in [5, 5.41) is 12.8. The second kappa shape index (κ2) is 11.2. The number of anilines is 1. The molecular formula is C24H27ClN4O2S. The molecule has 0 unspecified atom stereocenters. The lowest BCUT2D eigenvalue weighted by atomic mass is 10.1. The number of aromatic nitrogens is 2. The topological polar surface area (TPSA) is 75.2 Å². The van der Waals surface area contributed by atoms with E-state index < -0.39 is 0 Å². The van der Waals surface area contributed by atoms with Crippen LogP contribution in [0.1, 0.15) is 49.5 Å². The van der Waals surface area contributed by atoms with Gasteiger partial charge in [0.05, 0.1) is 0 Å². The van der Waals surface area contributed by atoms with Crippen molar-refractivity contribution in [1.82, 2.24) is 15.1 Å². The molecule has 0 radical (unpaired) electrons. The summed E-state index contributed by atoms with van der Waals surface area (Å²) in [6.45, 7) is 6.44. The summed E-state index contributed by atoms with van der Waals surface area (Å²) < 4.78 is 0. The second-order valence-corrected chi connectivity index (χ2v) is 8.94. The van der Waals surface area contributed by atoms with Gasteiger partial charge in [-0.1, -0.05) is 61.1 Å². The van der Waals surface area contributed by atoms with Crippen LogP contribution in [0.15, 0.2) is 48.5 Å². The van der Waals surface area contributed by atoms with Crippen molar-refractivity contribution in [3.63, 3.8) is 0 Å². The third-order valence-corrected chi connectivity index (χ3v) is 6.47. The number of halogens is 1. The molecule has 0 aliphatic heterocycles. The summed E-state index contributed by atoms with van der Waals surface area (Å²) >= 11 is 7.22. The van der Waals surface area contributed by atoms with Crippen molar-refractivity contribution >= 4 is 39.9 Å². The van der Waals surface area contributed by atoms with Crippen molar-refractivity contribution in [3.05, 3.63) is 64.7 Å². The molecule has 0 fully saturated rings. The number of nitrogens with one attached hydrogen (secondary N) is 1. The Kier molecular flexibility index (Phi) is 8.36. The van der Waals surface area contributed by atoms with Crippen LogP contribution < -0.4 is 5.32 Å². The highest BCUT2D eigenvalue weighted by Gasteiger charge is 2.21. The van der Waals surface area contributed by atoms with Gasteiger partial charge in [-0.25, -0.2) is 0 Å². The molecule has 3 rings (SSSR count). The smallest absolute Gasteiger partial charge is 0.254 e. The molecule has 168 valence electrons. The van der Waals surface area contributed by atoms with Crippen molar-refractivity contribution in [3.8, 4) is 10.6 Å². The van der Waals surface area contributed by atoms with Crippen LogP contribution in [0, 0.1) is 0 Å². The van der Waals surface area contributed by atoms with E-state index in [0.29, 0.717) is 27.3 Å². The highest BCUT2D eigenvalue weighted by atomic mass is 35.5. The maximum absolute atomic E-state index is 13.1. The maximum Gasteiger partial charge on any atom is 0.254 e. The Morgan fingerprint density at radius 2 is 1.75 bits per heavy atom. The van der Waals surface area contributed by atoms with Gasteiger partial charge in [0.25, 0.3) is 5.91 Å². The zero-order valence-electron chi connectivity index (χ0n) is 18.5. The van der Waals surface area contributed by atoms with Gasteiger partial charge in [-0.05, 0) is 49.6 Å². The van der Waals surface area contributed by atoms with Crippen molar-refractivity contribution in [2.75, 3.05) is 11.9 Å². The molecule has 0 aliphatic carbocycles. The number of benzene rings is 2. The fourth-order valence-electron chi connectivity index (χ4n) is 3.18. The summed E-state index contributed by atoms with van der Waals surface area (Å²) in [5.41, 5.74) is 2.71. The molecule has 2 amide bonds. The van der Waals surface area contributed by atoms with Crippen LogP contribution in [0.4, 0.5) is 5.13 Å². The van der Waals surface area contributed by atoms with Crippen LogP contribution in [-0.2, 0) is 11.2 Å². The normalized spacial score (nSPS) is 11.8. The van der Waals surface area contributed by atoms with E-state index in [1.54, 1.807) is 17.0 Å². The molecule has 32 heavy (non-hydrogen) atoms. The lowest BCUT2D eigenvalue weighted by Crippen LogP contribution is -2.40. The number of nitrogens with zero attached hydrogens (tertiary/aromatic N) is 3. The van der Waals surface area contributed by atoms with Gasteiger partial charge < -0.3 is 10.2 Å². The number of carbonyl (C=O) groups excluding carboxylic acids is 2. The Balaban J connectivity index is 1.61. The van der Waals surface area contributed by atoms with Crippen LogP contribution in [0.25, 0.3) is 10.6 Å². The molecule has 3 aromatic rings. The fraction of sp³-hybridized carbons (Fsp3) is 0.333. The van der Waals surface area contributed by atoms with Gasteiger partial charge in [-0.3, -0.25) is 9.59 Å². The minimum absolute atomic E-state index is 0.0270. The largest absolute Gasteiger partial charge is 0.335 e. The predicted molar refractivity (Wildman–Crippen MR) is 130 cm³/mol. The van der Waals surface area contributed by atoms with Crippen LogP contribution >= 0.6 is 22.9 Å². The first-order chi connectivity index (χ1) is 15.4. The minimum Gasteiger partial charge on any atom is -0.335 e. The minimum atomic E-state index is -0.203. The quantitative estimate of drug-likeness (QED) is 0.435. The third-order valence-electron chi connectivity index (χ3n) is 5.34. The monoisotopic (exact) mass is 470 g/mol. The van der Waals surface area contributed by atoms with Gasteiger partial charge in [0.15, 0.2) is 0 Å². The SMILES string of the molecule is CCc1ccc(C(=O)N(CCC(=O)Nc2nnc(-c3ccc(Cl)cc3)s2)[C@@H](C)CC)cc1. The van der Waals surface area contributed by atoms with Crippen molar-refractivity contribution in [2.24, 2.45) is 0 Å². The first-order valence-corrected chi connectivity index (χ1v) is 11.9. The Bertz CT molecular complexity index is 1050. The van der Waals surface area contributed by atoms with E-state index in [4.69, 9.17) is 11.6 Å². The zero-order chi connectivity index (χ0) is 23.1. The van der Waals surface area contributed by atoms with E-state index in [2.05, 4.69) is 22.4 Å². The molecule has 0 bridgehead atoms. The molecular weight excluding hydrogens is 444 g/mol. The van der Waals surface area contributed by atoms with Crippen LogP contribution in [0.2, 0.25) is 5.02 Å². The predicted octanol–water partition coefficient (Wildman–Crippen LogP) is 5.69. The van der Waals surface area contributed by atoms with E-state index in [0.717, 1.165) is 18.4 Å². The zero-order valence-corrected chi connectivity index (χ0v) is 20.0. The Morgan fingerprint density at radius 1 is 1.06 bits per heavy atom. The van der Waals surface area contributed by atoms with E-state index in [-0.39, 0.29) is 24.3 Å². The average Bonchev–Trinajstić information content (AvgIpc) is 3.27. The number of carbonyl (C=O) groups is 2. The van der Waals surface area contributed by atoms with Crippen LogP contribution in [0.3, 0.4) is 0 Å². The molecule has 0 spiro atoms. The summed E-state index contributed by atoms with van der Waals surface area (Å²) in [4.78, 5) is 27.4. The van der Waals surface area contributed by atoms with E-state index in [1.807, 2.05) is 50.2 Å². The van der Waals surface area contributed by atoms with Gasteiger partial charge in [0, 0.05) is 35.2 Å². The number of hydrogen-bond donors (Lipinski definition) is 1. The highest BCUT2D eigenvalue weighted by molar-refractivity contribution is 7.18. The summed E-state index contributed by atoms with van der Waals surface area (Å²) in [6.07, 6.45) is 1.91. The summed E-state index contributed by atoms with van der Waals surface area (Å²) in [7, 11) is 0. The van der Waals surface area contributed by atoms with Gasteiger partial charge in [0.1, 0.15) is 5.01 Å². The molecule has 1 heterocycles. The fourth-order valence-corrected chi connectivity index (χ4v) is 4.07. The molecule has 6 nitrogen and oxygen atoms in total. The molecule has 2 aromatic carbocycles. The molecule has 0 aliphatic rings. The third kappa shape index (κ3) is 6.14. The Labute approximate surface area is 197 Å². The van der Waals surface area contributed by atoms with E-state index >= 15 is 0 Å². The first kappa shape index (κ1) is 23.9. The Hall–Kier alpha value is -2.77. The van der Waals surface area contributed by atoms with Crippen molar-refractivity contribution < 1.29 is 9.59 Å². The van der Waals surface area contributed by atoms with Gasteiger partial charge in [-0.15, -0.1) is 10.2 Å². The number of aryl methyl sites for hydroxylation is 1. The molecule has 1 atom stereocenters. The molecule has 1 N–H and O–H groups in total. The van der Waals surface area contributed by atoms with Crippen molar-refractivity contribution in [2.45, 2.75) is 46.1 Å². The standard InChI is InChI=1S/C24H27ClN4O2S/c1-4-16(3)29(23(31)19-8-6-17(5-2)7-9-19)15-14-21(30)26-24-28-27-22(32-24)18-10-12-20(25)13-11-18/h6-13,16H,4-5,14-15H2,1-3H3,(H,26,28,30)/t16-/m0/s1. The summed E-state index contributed by atoms with van der Waals surface area (Å²) in [5.74, 6) is -0.262. The lowest BCUT2D eigenvalue weighted by Gasteiger charge is -2.28. The van der Waals surface area contributed by atoms with E-state index in [9.17, 15) is 9.59 Å². The number of hydrogen-bond acceptors (Lipinski definition) is 5. The van der Waals surface area contributed by atoms with Gasteiger partial charge in [-0.2, -0.15) is 0 Å². The lowest BCUT2D eigenvalue weighted by molar-refractivity contribution is -0.116. The number of amides is 2. The number of rotatable bonds is 9. The Morgan fingerprint density at radius 3 is 2.38 bits per heavy atom. The van der Waals surface area contributed by atoms with Crippen LogP contribution in [0.5, 0.6) is 0 Å². The van der Waals surface area contributed by atoms with Crippen molar-refractivity contribution in [1.29, 1.82) is 0 Å². The second-order valence-electron chi connectivity index (χ2n) is 7.52. The molecule has 0 saturated heterocycles. The molecule has 8 heteroatoms. The first-order valence-electron chi connectivity index (χ1n) is 10.7. The van der Waals surface area contributed by atoms with Gasteiger partial charge in [0.2, 0.25) is 11.0 Å². The van der Waals surface area contributed by atoms with Crippen LogP contribution in [-0.4, -0.2) is 39.5 Å². The molecule has 1 aromatic heterocycles. The average molecular weight is 471 g/mol. The summed E-state index contributed by atoms with van der Waals surface area (Å²) in [6, 6.07) is 15.0. The maximum atomic E-state index is 13.1. The molecule has 0 saturated carbocycles. The van der Waals surface area contributed by atoms with Gasteiger partial charge >= 0.3 is 0 Å². The highest BCUT2D eigenvalue weighted by Crippen LogP contribution is 2.27.